The molecule has 0 aromatic heterocycles. The van der Waals surface area contributed by atoms with Gasteiger partial charge in [0.25, 0.3) is 0 Å². The van der Waals surface area contributed by atoms with Gasteiger partial charge in [0, 0.05) is 25.1 Å². The molecule has 0 saturated heterocycles. The normalized spacial score (nSPS) is 11.2. The minimum Gasteiger partial charge on any atom is -0.479 e. The van der Waals surface area contributed by atoms with Crippen molar-refractivity contribution in [1.82, 2.24) is 0 Å². The first-order chi connectivity index (χ1) is 14.2. The highest BCUT2D eigenvalue weighted by atomic mass is 19.1. The van der Waals surface area contributed by atoms with Crippen molar-refractivity contribution in [3.05, 3.63) is 53.8 Å². The Morgan fingerprint density at radius 3 is 2.20 bits per heavy atom. The molecule has 0 bridgehead atoms. The van der Waals surface area contributed by atoms with Gasteiger partial charge in [0.15, 0.2) is 12.7 Å². The smallest absolute Gasteiger partial charge is 0.347 e. The quantitative estimate of drug-likeness (QED) is 0.506. The Kier molecular flexibility index (Phi) is 7.62. The van der Waals surface area contributed by atoms with E-state index < -0.39 is 36.2 Å². The molecule has 9 heteroatoms. The maximum absolute atomic E-state index is 12.9. The molecule has 0 saturated carbocycles. The van der Waals surface area contributed by atoms with Gasteiger partial charge in [0.2, 0.25) is 17.6 Å². The molecule has 1 atom stereocenters. The van der Waals surface area contributed by atoms with E-state index in [1.165, 1.54) is 63.2 Å². The number of hydrogen-bond acceptors (Lipinski definition) is 6. The van der Waals surface area contributed by atoms with Crippen molar-refractivity contribution in [3.8, 4) is 5.75 Å². The van der Waals surface area contributed by atoms with Crippen molar-refractivity contribution in [1.29, 1.82) is 0 Å². The number of Topliss-reactive ketones (excluding diaryl/α,β-unsaturated/α-hetero) is 1. The van der Waals surface area contributed by atoms with Gasteiger partial charge in [0.1, 0.15) is 11.6 Å². The van der Waals surface area contributed by atoms with Crippen LogP contribution in [0.1, 0.15) is 31.1 Å². The van der Waals surface area contributed by atoms with Crippen molar-refractivity contribution in [2.45, 2.75) is 26.9 Å². The number of ether oxygens (including phenoxy) is 2. The van der Waals surface area contributed by atoms with Crippen LogP contribution in [0.5, 0.6) is 5.75 Å². The summed E-state index contributed by atoms with van der Waals surface area (Å²) >= 11 is 0. The van der Waals surface area contributed by atoms with Gasteiger partial charge in [-0.25, -0.2) is 9.18 Å². The number of benzene rings is 2. The number of halogens is 1. The Balaban J connectivity index is 2.03. The fraction of sp³-hybridized carbons (Fsp3) is 0.238. The summed E-state index contributed by atoms with van der Waals surface area (Å²) in [5, 5.41) is 5.06. The van der Waals surface area contributed by atoms with E-state index in [1.807, 2.05) is 0 Å². The van der Waals surface area contributed by atoms with Crippen LogP contribution in [-0.4, -0.2) is 36.3 Å². The van der Waals surface area contributed by atoms with E-state index in [-0.39, 0.29) is 22.9 Å². The molecule has 0 aliphatic heterocycles. The molecule has 0 aliphatic rings. The Hall–Kier alpha value is -3.75. The number of ketones is 1. The predicted molar refractivity (Wildman–Crippen MR) is 107 cm³/mol. The second-order valence-corrected chi connectivity index (χ2v) is 6.37. The van der Waals surface area contributed by atoms with Gasteiger partial charge in [-0.05, 0) is 49.4 Å². The fourth-order valence-electron chi connectivity index (χ4n) is 2.46. The Morgan fingerprint density at radius 2 is 1.60 bits per heavy atom. The van der Waals surface area contributed by atoms with Crippen LogP contribution in [0.15, 0.2) is 42.5 Å². The number of hydrogen-bond donors (Lipinski definition) is 2. The molecule has 0 unspecified atom stereocenters. The van der Waals surface area contributed by atoms with Crippen molar-refractivity contribution in [2.24, 2.45) is 0 Å². The van der Waals surface area contributed by atoms with Crippen LogP contribution in [0, 0.1) is 5.82 Å². The maximum atomic E-state index is 12.9. The standard InChI is InChI=1S/C21H21FN2O6/c1-12(30-17-7-4-15(22)5-8-17)21(28)29-11-20(27)18-9-6-16(23-13(2)25)10-19(18)24-14(3)26/h4-10,12H,11H2,1-3H3,(H,23,25)(H,24,26)/t12-/m0/s1. The molecule has 0 radical (unpaired) electrons. The number of nitrogens with one attached hydrogen (secondary N) is 2. The van der Waals surface area contributed by atoms with E-state index in [0.717, 1.165) is 0 Å². The average molecular weight is 416 g/mol. The molecule has 2 N–H and O–H groups in total. The van der Waals surface area contributed by atoms with Gasteiger partial charge in [-0.2, -0.15) is 0 Å². The van der Waals surface area contributed by atoms with Gasteiger partial charge in [-0.3, -0.25) is 14.4 Å². The van der Waals surface area contributed by atoms with E-state index in [9.17, 15) is 23.6 Å². The Morgan fingerprint density at radius 1 is 0.967 bits per heavy atom. The van der Waals surface area contributed by atoms with E-state index in [1.54, 1.807) is 0 Å². The van der Waals surface area contributed by atoms with Crippen LogP contribution < -0.4 is 15.4 Å². The topological polar surface area (TPSA) is 111 Å². The predicted octanol–water partition coefficient (Wildman–Crippen LogP) is 2.94. The first kappa shape index (κ1) is 22.5. The monoisotopic (exact) mass is 416 g/mol. The third-order valence-electron chi connectivity index (χ3n) is 3.75. The molecule has 30 heavy (non-hydrogen) atoms. The molecule has 0 heterocycles. The molecule has 158 valence electrons. The van der Waals surface area contributed by atoms with Crippen LogP contribution in [-0.2, 0) is 19.1 Å². The van der Waals surface area contributed by atoms with Crippen molar-refractivity contribution in [2.75, 3.05) is 17.2 Å². The first-order valence-corrected chi connectivity index (χ1v) is 8.97. The molecule has 2 amide bonds. The molecular weight excluding hydrogens is 395 g/mol. The number of carbonyl (C=O) groups excluding carboxylic acids is 4. The molecule has 0 spiro atoms. The Bertz CT molecular complexity index is 958. The summed E-state index contributed by atoms with van der Waals surface area (Å²) in [7, 11) is 0. The number of rotatable bonds is 8. The van der Waals surface area contributed by atoms with Gasteiger partial charge in [-0.15, -0.1) is 0 Å². The minimum absolute atomic E-state index is 0.110. The van der Waals surface area contributed by atoms with Crippen LogP contribution in [0.3, 0.4) is 0 Å². The second-order valence-electron chi connectivity index (χ2n) is 6.37. The summed E-state index contributed by atoms with van der Waals surface area (Å²) < 4.78 is 23.3. The van der Waals surface area contributed by atoms with Crippen molar-refractivity contribution in [3.63, 3.8) is 0 Å². The third kappa shape index (κ3) is 6.69. The largest absolute Gasteiger partial charge is 0.479 e. The second kappa shape index (κ2) is 10.1. The minimum atomic E-state index is -1.03. The molecular formula is C21H21FN2O6. The molecule has 2 aromatic carbocycles. The zero-order valence-electron chi connectivity index (χ0n) is 16.7. The van der Waals surface area contributed by atoms with E-state index in [0.29, 0.717) is 5.69 Å². The Labute approximate surface area is 172 Å². The van der Waals surface area contributed by atoms with Gasteiger partial charge >= 0.3 is 5.97 Å². The van der Waals surface area contributed by atoms with E-state index >= 15 is 0 Å². The summed E-state index contributed by atoms with van der Waals surface area (Å²) in [6.45, 7) is 3.45. The molecule has 0 aliphatic carbocycles. The highest BCUT2D eigenvalue weighted by Gasteiger charge is 2.20. The lowest BCUT2D eigenvalue weighted by molar-refractivity contribution is -0.149. The zero-order valence-corrected chi connectivity index (χ0v) is 16.7. The molecule has 2 aromatic rings. The van der Waals surface area contributed by atoms with Gasteiger partial charge in [0.05, 0.1) is 5.69 Å². The number of esters is 1. The SMILES string of the molecule is CC(=O)Nc1ccc(C(=O)COC(=O)[C@H](C)Oc2ccc(F)cc2)c(NC(C)=O)c1. The third-order valence-corrected chi connectivity index (χ3v) is 3.75. The summed E-state index contributed by atoms with van der Waals surface area (Å²) in [5.74, 6) is -2.25. The lowest BCUT2D eigenvalue weighted by Gasteiger charge is -2.15. The lowest BCUT2D eigenvalue weighted by atomic mass is 10.1. The van der Waals surface area contributed by atoms with Gasteiger partial charge in [-0.1, -0.05) is 0 Å². The fourth-order valence-corrected chi connectivity index (χ4v) is 2.46. The van der Waals surface area contributed by atoms with Crippen LogP contribution in [0.4, 0.5) is 15.8 Å². The van der Waals surface area contributed by atoms with Crippen molar-refractivity contribution >= 4 is 34.9 Å². The average Bonchev–Trinajstić information content (AvgIpc) is 2.66. The van der Waals surface area contributed by atoms with Crippen LogP contribution in [0.2, 0.25) is 0 Å². The van der Waals surface area contributed by atoms with E-state index in [2.05, 4.69) is 10.6 Å². The van der Waals surface area contributed by atoms with Crippen LogP contribution >= 0.6 is 0 Å². The maximum Gasteiger partial charge on any atom is 0.347 e. The van der Waals surface area contributed by atoms with Gasteiger partial charge < -0.3 is 20.1 Å². The first-order valence-electron chi connectivity index (χ1n) is 8.97. The highest BCUT2D eigenvalue weighted by Crippen LogP contribution is 2.22. The molecule has 0 fully saturated rings. The lowest BCUT2D eigenvalue weighted by Crippen LogP contribution is -2.28. The van der Waals surface area contributed by atoms with Crippen LogP contribution in [0.25, 0.3) is 0 Å². The summed E-state index contributed by atoms with van der Waals surface area (Å²) in [4.78, 5) is 47.2. The summed E-state index contributed by atoms with van der Waals surface area (Å²) in [6.07, 6.45) is -1.03. The number of anilines is 2. The highest BCUT2D eigenvalue weighted by molar-refractivity contribution is 6.06. The summed E-state index contributed by atoms with van der Waals surface area (Å²) in [5.41, 5.74) is 0.672. The number of amides is 2. The molecule has 2 rings (SSSR count). The zero-order chi connectivity index (χ0) is 22.3. The summed E-state index contributed by atoms with van der Waals surface area (Å²) in [6, 6.07) is 9.42. The molecule has 8 nitrogen and oxygen atoms in total. The van der Waals surface area contributed by atoms with E-state index in [4.69, 9.17) is 9.47 Å². The van der Waals surface area contributed by atoms with Crippen molar-refractivity contribution < 1.29 is 33.0 Å². The number of carbonyl (C=O) groups is 4.